The molecule has 0 spiro atoms. The van der Waals surface area contributed by atoms with Gasteiger partial charge in [-0.3, -0.25) is 0 Å². The quantitative estimate of drug-likeness (QED) is 0.164. The van der Waals surface area contributed by atoms with Crippen LogP contribution in [0.1, 0.15) is 0 Å². The van der Waals surface area contributed by atoms with Crippen LogP contribution in [0.4, 0.5) is 5.69 Å². The number of furan rings is 1. The van der Waals surface area contributed by atoms with Crippen LogP contribution in [0.3, 0.4) is 0 Å². The molecule has 0 unspecified atom stereocenters. The standard InChI is InChI=1S/C54H31N5O/c1-55-42-22-26-49-47(32-42)46-29-37(21-25-48(46)59(49)43-13-3-2-4-14-43)38-19-23-44-45-24-20-41(31-51(45)60-50(44)30-38)54-57-52(39-17-15-33-9-5-7-11-35(33)27-39)56-53(58-54)40-18-16-34-10-6-8-12-36(34)28-40/h2-32H. The predicted molar refractivity (Wildman–Crippen MR) is 244 cm³/mol. The van der Waals surface area contributed by atoms with E-state index in [2.05, 4.69) is 161 Å². The zero-order valence-electron chi connectivity index (χ0n) is 32.0. The molecule has 3 aromatic heterocycles. The average molecular weight is 766 g/mol. The molecular weight excluding hydrogens is 735 g/mol. The van der Waals surface area contributed by atoms with Crippen LogP contribution in [-0.4, -0.2) is 19.5 Å². The highest BCUT2D eigenvalue weighted by molar-refractivity contribution is 6.12. The van der Waals surface area contributed by atoms with Crippen LogP contribution in [0.5, 0.6) is 0 Å². The number of aromatic nitrogens is 4. The van der Waals surface area contributed by atoms with E-state index in [0.717, 1.165) is 98.8 Å². The molecule has 0 N–H and O–H groups in total. The molecule has 0 saturated carbocycles. The highest BCUT2D eigenvalue weighted by Gasteiger charge is 2.18. The molecular formula is C54H31N5O. The molecule has 6 nitrogen and oxygen atoms in total. The Hall–Kier alpha value is -8.40. The first-order chi connectivity index (χ1) is 29.6. The number of hydrogen-bond donors (Lipinski definition) is 0. The summed E-state index contributed by atoms with van der Waals surface area (Å²) in [7, 11) is 0. The fourth-order valence-electron chi connectivity index (χ4n) is 8.63. The van der Waals surface area contributed by atoms with E-state index < -0.39 is 0 Å². The van der Waals surface area contributed by atoms with E-state index in [-0.39, 0.29) is 0 Å². The van der Waals surface area contributed by atoms with Gasteiger partial charge in [0.25, 0.3) is 0 Å². The van der Waals surface area contributed by atoms with Crippen molar-refractivity contribution >= 4 is 71.0 Å². The van der Waals surface area contributed by atoms with Gasteiger partial charge < -0.3 is 8.98 Å². The van der Waals surface area contributed by atoms with Crippen molar-refractivity contribution in [2.24, 2.45) is 0 Å². The molecule has 9 aromatic carbocycles. The summed E-state index contributed by atoms with van der Waals surface area (Å²) in [5.41, 5.74) is 10.2. The van der Waals surface area contributed by atoms with Gasteiger partial charge in [-0.05, 0) is 111 Å². The second kappa shape index (κ2) is 13.3. The van der Waals surface area contributed by atoms with Crippen LogP contribution in [0.15, 0.2) is 192 Å². The lowest BCUT2D eigenvalue weighted by molar-refractivity contribution is 0.669. The number of nitrogens with zero attached hydrogens (tertiary/aromatic N) is 5. The van der Waals surface area contributed by atoms with Crippen molar-refractivity contribution in [1.82, 2.24) is 19.5 Å². The monoisotopic (exact) mass is 765 g/mol. The predicted octanol–water partition coefficient (Wildman–Crippen LogP) is 14.4. The molecule has 12 rings (SSSR count). The molecule has 0 bridgehead atoms. The Labute approximate surface area is 344 Å². The maximum absolute atomic E-state index is 7.70. The van der Waals surface area contributed by atoms with Crippen LogP contribution in [0.25, 0.3) is 121 Å². The second-order valence-electron chi connectivity index (χ2n) is 15.2. The van der Waals surface area contributed by atoms with Crippen molar-refractivity contribution in [3.63, 3.8) is 0 Å². The first-order valence-electron chi connectivity index (χ1n) is 19.9. The number of benzene rings is 9. The molecule has 0 aliphatic rings. The summed E-state index contributed by atoms with van der Waals surface area (Å²) in [4.78, 5) is 19.0. The Morgan fingerprint density at radius 3 is 1.47 bits per heavy atom. The second-order valence-corrected chi connectivity index (χ2v) is 15.2. The number of hydrogen-bond acceptors (Lipinski definition) is 4. The van der Waals surface area contributed by atoms with Crippen LogP contribution < -0.4 is 0 Å². The van der Waals surface area contributed by atoms with E-state index in [1.165, 1.54) is 0 Å². The van der Waals surface area contributed by atoms with Crippen LogP contribution in [-0.2, 0) is 0 Å². The SMILES string of the molecule is [C-]#[N+]c1ccc2c(c1)c1cc(-c3ccc4c(c3)oc3cc(-c5nc(-c6ccc7ccccc7c6)nc(-c6ccc7ccccc7c6)n5)ccc34)ccc1n2-c1ccccc1. The molecule has 12 aromatic rings. The summed E-state index contributed by atoms with van der Waals surface area (Å²) in [6, 6.07) is 64.8. The lowest BCUT2D eigenvalue weighted by atomic mass is 10.0. The highest BCUT2D eigenvalue weighted by atomic mass is 16.3. The van der Waals surface area contributed by atoms with Gasteiger partial charge in [0.05, 0.1) is 17.6 Å². The topological polar surface area (TPSA) is 61.1 Å². The molecule has 0 saturated heterocycles. The molecule has 0 fully saturated rings. The highest BCUT2D eigenvalue weighted by Crippen LogP contribution is 2.39. The van der Waals surface area contributed by atoms with Crippen LogP contribution in [0.2, 0.25) is 0 Å². The van der Waals surface area contributed by atoms with E-state index in [1.54, 1.807) is 0 Å². The minimum absolute atomic E-state index is 0.573. The van der Waals surface area contributed by atoms with Crippen molar-refractivity contribution in [3.8, 4) is 51.0 Å². The summed E-state index contributed by atoms with van der Waals surface area (Å²) in [5, 5.41) is 8.77. The summed E-state index contributed by atoms with van der Waals surface area (Å²) in [5.74, 6) is 1.79. The minimum Gasteiger partial charge on any atom is -0.456 e. The van der Waals surface area contributed by atoms with Gasteiger partial charge in [0.2, 0.25) is 0 Å². The number of fused-ring (bicyclic) bond motifs is 8. The van der Waals surface area contributed by atoms with Crippen molar-refractivity contribution in [2.45, 2.75) is 0 Å². The normalized spacial score (nSPS) is 11.7. The van der Waals surface area contributed by atoms with Gasteiger partial charge in [-0.15, -0.1) is 0 Å². The Bertz CT molecular complexity index is 3650. The van der Waals surface area contributed by atoms with Crippen molar-refractivity contribution in [1.29, 1.82) is 0 Å². The Morgan fingerprint density at radius 1 is 0.383 bits per heavy atom. The van der Waals surface area contributed by atoms with Crippen molar-refractivity contribution in [3.05, 3.63) is 199 Å². The molecule has 0 radical (unpaired) electrons. The van der Waals surface area contributed by atoms with Gasteiger partial charge in [-0.1, -0.05) is 115 Å². The van der Waals surface area contributed by atoms with E-state index in [1.807, 2.05) is 36.4 Å². The van der Waals surface area contributed by atoms with Gasteiger partial charge in [-0.2, -0.15) is 0 Å². The van der Waals surface area contributed by atoms with Gasteiger partial charge in [0.1, 0.15) is 11.2 Å². The number of rotatable bonds is 5. The lowest BCUT2D eigenvalue weighted by Crippen LogP contribution is -2.00. The van der Waals surface area contributed by atoms with E-state index >= 15 is 0 Å². The Balaban J connectivity index is 0.970. The summed E-state index contributed by atoms with van der Waals surface area (Å²) in [6.07, 6.45) is 0. The van der Waals surface area contributed by atoms with Gasteiger partial charge in [0.15, 0.2) is 23.2 Å². The van der Waals surface area contributed by atoms with E-state index in [4.69, 9.17) is 25.9 Å². The maximum Gasteiger partial charge on any atom is 0.188 e. The zero-order chi connectivity index (χ0) is 39.7. The molecule has 0 amide bonds. The lowest BCUT2D eigenvalue weighted by Gasteiger charge is -2.10. The first-order valence-corrected chi connectivity index (χ1v) is 19.9. The molecule has 60 heavy (non-hydrogen) atoms. The Morgan fingerprint density at radius 2 is 0.850 bits per heavy atom. The largest absolute Gasteiger partial charge is 0.456 e. The van der Waals surface area contributed by atoms with E-state index in [9.17, 15) is 0 Å². The van der Waals surface area contributed by atoms with Crippen molar-refractivity contribution < 1.29 is 4.42 Å². The van der Waals surface area contributed by atoms with Gasteiger partial charge in [-0.25, -0.2) is 19.8 Å². The smallest absolute Gasteiger partial charge is 0.188 e. The summed E-state index contributed by atoms with van der Waals surface area (Å²) in [6.45, 7) is 7.70. The minimum atomic E-state index is 0.573. The summed E-state index contributed by atoms with van der Waals surface area (Å²) < 4.78 is 8.91. The van der Waals surface area contributed by atoms with Gasteiger partial charge in [0, 0.05) is 38.5 Å². The fourth-order valence-corrected chi connectivity index (χ4v) is 8.63. The molecule has 0 aliphatic heterocycles. The molecule has 3 heterocycles. The third kappa shape index (κ3) is 5.53. The number of para-hydroxylation sites is 1. The fraction of sp³-hybridized carbons (Fsp3) is 0. The third-order valence-electron chi connectivity index (χ3n) is 11.6. The van der Waals surface area contributed by atoms with Crippen LogP contribution in [0, 0.1) is 6.57 Å². The molecule has 278 valence electrons. The third-order valence-corrected chi connectivity index (χ3v) is 11.6. The maximum atomic E-state index is 7.70. The van der Waals surface area contributed by atoms with Crippen LogP contribution >= 0.6 is 0 Å². The van der Waals surface area contributed by atoms with Crippen molar-refractivity contribution in [2.75, 3.05) is 0 Å². The average Bonchev–Trinajstić information content (AvgIpc) is 3.85. The molecule has 0 aliphatic carbocycles. The molecule has 6 heteroatoms. The van der Waals surface area contributed by atoms with Gasteiger partial charge >= 0.3 is 0 Å². The Kier molecular flexibility index (Phi) is 7.50. The van der Waals surface area contributed by atoms with E-state index in [0.29, 0.717) is 23.2 Å². The molecule has 0 atom stereocenters. The first kappa shape index (κ1) is 33.7. The zero-order valence-corrected chi connectivity index (χ0v) is 32.0. The summed E-state index contributed by atoms with van der Waals surface area (Å²) >= 11 is 0.